The molecule has 152 valence electrons. The van der Waals surface area contributed by atoms with E-state index < -0.39 is 11.0 Å². The number of methoxy groups -OCH3 is 1. The van der Waals surface area contributed by atoms with E-state index in [1.807, 2.05) is 12.1 Å². The molecule has 0 aliphatic carbocycles. The number of hydrogen-bond donors (Lipinski definition) is 3. The van der Waals surface area contributed by atoms with Crippen LogP contribution in [0.25, 0.3) is 0 Å². The highest BCUT2D eigenvalue weighted by molar-refractivity contribution is 7.99. The number of nitro benzene ring substituents is 1. The smallest absolute Gasteiger partial charge is 0.413 e. The first-order valence-electron chi connectivity index (χ1n) is 8.62. The number of nitro groups is 1. The molecule has 29 heavy (non-hydrogen) atoms. The number of alkyl carbamates (subject to hydrolysis) is 1. The van der Waals surface area contributed by atoms with E-state index in [9.17, 15) is 14.9 Å². The van der Waals surface area contributed by atoms with Crippen LogP contribution in [0.5, 0.6) is 0 Å². The fourth-order valence-electron chi connectivity index (χ4n) is 2.36. The predicted octanol–water partition coefficient (Wildman–Crippen LogP) is 4.57. The number of nitrogens with zero attached hydrogens (tertiary/aromatic N) is 1. The van der Waals surface area contributed by atoms with Gasteiger partial charge in [0.2, 0.25) is 0 Å². The quantitative estimate of drug-likeness (QED) is 0.193. The lowest BCUT2D eigenvalue weighted by Gasteiger charge is -2.15. The molecule has 0 aliphatic rings. The highest BCUT2D eigenvalue weighted by Crippen LogP contribution is 2.28. The lowest BCUT2D eigenvalue weighted by molar-refractivity contribution is -0.384. The molecule has 0 aliphatic heterocycles. The largest absolute Gasteiger partial charge is 0.453 e. The molecule has 0 fully saturated rings. The summed E-state index contributed by atoms with van der Waals surface area (Å²) in [7, 11) is 1.23. The predicted molar refractivity (Wildman–Crippen MR) is 118 cm³/mol. The SMILES string of the molecule is CCCSc1ccc(C(=N)c2ccc([N+](=O)[O-])cc2)c(NC(=S)NC(=O)OC)c1. The maximum atomic E-state index is 11.4. The third-order valence-corrected chi connectivity index (χ3v) is 5.15. The number of amides is 1. The number of anilines is 1. The molecular formula is C19H20N4O4S2. The Hall–Kier alpha value is -2.98. The van der Waals surface area contributed by atoms with Crippen LogP contribution in [0.1, 0.15) is 24.5 Å². The third-order valence-electron chi connectivity index (χ3n) is 3.75. The number of carbonyl (C=O) groups is 1. The Morgan fingerprint density at radius 1 is 1.28 bits per heavy atom. The van der Waals surface area contributed by atoms with Gasteiger partial charge in [-0.25, -0.2) is 4.79 Å². The van der Waals surface area contributed by atoms with Crippen LogP contribution in [0.3, 0.4) is 0 Å². The molecule has 2 aromatic rings. The summed E-state index contributed by atoms with van der Waals surface area (Å²) in [6, 6.07) is 11.3. The van der Waals surface area contributed by atoms with Gasteiger partial charge in [-0.05, 0) is 54.7 Å². The molecule has 0 radical (unpaired) electrons. The van der Waals surface area contributed by atoms with Crippen molar-refractivity contribution >= 4 is 52.3 Å². The van der Waals surface area contributed by atoms with E-state index in [2.05, 4.69) is 22.3 Å². The van der Waals surface area contributed by atoms with Crippen molar-refractivity contribution in [2.75, 3.05) is 18.2 Å². The van der Waals surface area contributed by atoms with Gasteiger partial charge in [-0.3, -0.25) is 20.8 Å². The molecule has 0 heterocycles. The zero-order valence-corrected chi connectivity index (χ0v) is 17.5. The lowest BCUT2D eigenvalue weighted by Crippen LogP contribution is -2.34. The van der Waals surface area contributed by atoms with Gasteiger partial charge >= 0.3 is 6.09 Å². The van der Waals surface area contributed by atoms with Gasteiger partial charge in [0.05, 0.1) is 23.4 Å². The Kier molecular flexibility index (Phi) is 8.10. The van der Waals surface area contributed by atoms with Gasteiger partial charge in [0.15, 0.2) is 5.11 Å². The molecule has 2 rings (SSSR count). The van der Waals surface area contributed by atoms with Crippen molar-refractivity contribution in [3.05, 3.63) is 63.7 Å². The highest BCUT2D eigenvalue weighted by atomic mass is 32.2. The summed E-state index contributed by atoms with van der Waals surface area (Å²) in [6.45, 7) is 2.08. The normalized spacial score (nSPS) is 10.1. The van der Waals surface area contributed by atoms with E-state index in [4.69, 9.17) is 17.6 Å². The zero-order valence-electron chi connectivity index (χ0n) is 15.9. The van der Waals surface area contributed by atoms with Gasteiger partial charge in [-0.15, -0.1) is 11.8 Å². The van der Waals surface area contributed by atoms with Gasteiger partial charge in [0, 0.05) is 28.2 Å². The van der Waals surface area contributed by atoms with E-state index in [0.717, 1.165) is 17.1 Å². The van der Waals surface area contributed by atoms with E-state index in [1.165, 1.54) is 31.4 Å². The first-order valence-corrected chi connectivity index (χ1v) is 10.0. The number of nitrogens with one attached hydrogen (secondary N) is 3. The van der Waals surface area contributed by atoms with Gasteiger partial charge in [-0.2, -0.15) is 0 Å². The average Bonchev–Trinajstić information content (AvgIpc) is 2.71. The molecule has 1 amide bonds. The second kappa shape index (κ2) is 10.5. The molecule has 0 atom stereocenters. The summed E-state index contributed by atoms with van der Waals surface area (Å²) in [4.78, 5) is 22.7. The number of ether oxygens (including phenoxy) is 1. The molecule has 0 spiro atoms. The van der Waals surface area contributed by atoms with Crippen LogP contribution in [0, 0.1) is 15.5 Å². The van der Waals surface area contributed by atoms with Crippen molar-refractivity contribution in [1.82, 2.24) is 5.32 Å². The van der Waals surface area contributed by atoms with Crippen LogP contribution in [0.2, 0.25) is 0 Å². The minimum atomic E-state index is -0.703. The van der Waals surface area contributed by atoms with Crippen LogP contribution in [-0.4, -0.2) is 34.7 Å². The van der Waals surface area contributed by atoms with E-state index >= 15 is 0 Å². The Balaban J connectivity index is 2.35. The summed E-state index contributed by atoms with van der Waals surface area (Å²) in [5.74, 6) is 0.934. The maximum Gasteiger partial charge on any atom is 0.413 e. The Labute approximate surface area is 177 Å². The van der Waals surface area contributed by atoms with Gasteiger partial charge < -0.3 is 10.1 Å². The fourth-order valence-corrected chi connectivity index (χ4v) is 3.36. The van der Waals surface area contributed by atoms with Crippen molar-refractivity contribution in [1.29, 1.82) is 5.41 Å². The summed E-state index contributed by atoms with van der Waals surface area (Å²) < 4.78 is 4.53. The minimum Gasteiger partial charge on any atom is -0.453 e. The number of benzene rings is 2. The number of non-ortho nitro benzene ring substituents is 1. The van der Waals surface area contributed by atoms with Crippen LogP contribution < -0.4 is 10.6 Å². The zero-order chi connectivity index (χ0) is 21.4. The van der Waals surface area contributed by atoms with Gasteiger partial charge in [0.25, 0.3) is 5.69 Å². The summed E-state index contributed by atoms with van der Waals surface area (Å²) in [6.07, 6.45) is 0.307. The summed E-state index contributed by atoms with van der Waals surface area (Å²) in [5, 5.41) is 24.7. The molecule has 2 aromatic carbocycles. The topological polar surface area (TPSA) is 117 Å². The van der Waals surface area contributed by atoms with Crippen LogP contribution >= 0.6 is 24.0 Å². The summed E-state index contributed by atoms with van der Waals surface area (Å²) in [5.41, 5.74) is 1.70. The molecule has 3 N–H and O–H groups in total. The number of rotatable bonds is 7. The molecule has 10 heteroatoms. The number of hydrogen-bond acceptors (Lipinski definition) is 7. The highest BCUT2D eigenvalue weighted by Gasteiger charge is 2.15. The standard InChI is InChI=1S/C19H20N4O4S2/c1-3-10-29-14-8-9-15(16(11-14)21-18(28)22-19(24)27-2)17(20)12-4-6-13(7-5-12)23(25)26/h4-9,11,20H,3,10H2,1-2H3,(H2,21,22,24,28). The second-order valence-corrected chi connectivity index (χ2v) is 7.38. The Bertz CT molecular complexity index is 932. The molecule has 0 saturated carbocycles. The molecule has 0 unspecified atom stereocenters. The van der Waals surface area contributed by atoms with Crippen LogP contribution in [-0.2, 0) is 4.74 Å². The average molecular weight is 433 g/mol. The maximum absolute atomic E-state index is 11.4. The van der Waals surface area contributed by atoms with Crippen molar-refractivity contribution in [3.63, 3.8) is 0 Å². The third kappa shape index (κ3) is 6.26. The Morgan fingerprint density at radius 3 is 2.55 bits per heavy atom. The second-order valence-electron chi connectivity index (χ2n) is 5.81. The number of thioether (sulfide) groups is 1. The monoisotopic (exact) mass is 432 g/mol. The number of thiocarbonyl (C=S) groups is 1. The van der Waals surface area contributed by atoms with Crippen molar-refractivity contribution in [2.24, 2.45) is 0 Å². The van der Waals surface area contributed by atoms with Crippen LogP contribution in [0.4, 0.5) is 16.2 Å². The van der Waals surface area contributed by atoms with Crippen molar-refractivity contribution in [3.8, 4) is 0 Å². The molecular weight excluding hydrogens is 412 g/mol. The van der Waals surface area contributed by atoms with E-state index in [-0.39, 0.29) is 16.5 Å². The molecule has 0 aromatic heterocycles. The lowest BCUT2D eigenvalue weighted by atomic mass is 10.0. The van der Waals surface area contributed by atoms with Gasteiger partial charge in [-0.1, -0.05) is 6.92 Å². The van der Waals surface area contributed by atoms with Gasteiger partial charge in [0.1, 0.15) is 0 Å². The minimum absolute atomic E-state index is 0.0345. The fraction of sp³-hybridized carbons (Fsp3) is 0.211. The molecule has 0 saturated heterocycles. The van der Waals surface area contributed by atoms with E-state index in [0.29, 0.717) is 16.8 Å². The van der Waals surface area contributed by atoms with E-state index in [1.54, 1.807) is 17.8 Å². The van der Waals surface area contributed by atoms with Crippen molar-refractivity contribution < 1.29 is 14.5 Å². The van der Waals surface area contributed by atoms with Crippen molar-refractivity contribution in [2.45, 2.75) is 18.2 Å². The Morgan fingerprint density at radius 2 is 1.97 bits per heavy atom. The summed E-state index contributed by atoms with van der Waals surface area (Å²) >= 11 is 6.80. The first kappa shape index (κ1) is 22.3. The number of carbonyl (C=O) groups excluding carboxylic acids is 1. The molecule has 8 nitrogen and oxygen atoms in total. The first-order chi connectivity index (χ1) is 13.8. The van der Waals surface area contributed by atoms with Crippen LogP contribution in [0.15, 0.2) is 47.4 Å². The molecule has 0 bridgehead atoms.